The second-order valence-electron chi connectivity index (χ2n) is 9.30. The first kappa shape index (κ1) is 24.2. The number of amides is 1. The smallest absolute Gasteiger partial charge is 0.255 e. The van der Waals surface area contributed by atoms with Crippen LogP contribution in [0.3, 0.4) is 0 Å². The number of piperidine rings is 1. The minimum absolute atomic E-state index is 0.249. The average molecular weight is 489 g/mol. The van der Waals surface area contributed by atoms with Crippen molar-refractivity contribution in [2.45, 2.75) is 25.3 Å². The van der Waals surface area contributed by atoms with Gasteiger partial charge in [0.2, 0.25) is 0 Å². The van der Waals surface area contributed by atoms with E-state index >= 15 is 0 Å². The summed E-state index contributed by atoms with van der Waals surface area (Å²) in [6, 6.07) is 22.7. The third-order valence-corrected chi connectivity index (χ3v) is 6.87. The van der Waals surface area contributed by atoms with Crippen molar-refractivity contribution >= 4 is 17.3 Å². The molecule has 0 spiro atoms. The van der Waals surface area contributed by atoms with Crippen molar-refractivity contribution in [1.29, 1.82) is 5.26 Å². The number of rotatable bonds is 6. The van der Waals surface area contributed by atoms with Crippen LogP contribution in [0, 0.1) is 11.3 Å². The molecule has 4 aromatic rings. The zero-order chi connectivity index (χ0) is 25.6. The Morgan fingerprint density at radius 1 is 1.05 bits per heavy atom. The number of likely N-dealkylation sites (tertiary alicyclic amines) is 1. The van der Waals surface area contributed by atoms with Crippen molar-refractivity contribution in [3.8, 4) is 17.3 Å². The zero-order valence-corrected chi connectivity index (χ0v) is 20.5. The molecular weight excluding hydrogens is 460 g/mol. The fourth-order valence-corrected chi connectivity index (χ4v) is 4.81. The molecule has 0 bridgehead atoms. The van der Waals surface area contributed by atoms with E-state index in [9.17, 15) is 10.1 Å². The SMILES string of the molecule is N#Cc1cc(CN2CCC(c3ccncc3)CC2)cnc1-c1ccc(C(=O)Nc2ccccc2N)cc1. The van der Waals surface area contributed by atoms with Gasteiger partial charge in [0, 0.05) is 36.3 Å². The van der Waals surface area contributed by atoms with Gasteiger partial charge in [-0.2, -0.15) is 5.26 Å². The van der Waals surface area contributed by atoms with Crippen LogP contribution in [-0.4, -0.2) is 33.9 Å². The van der Waals surface area contributed by atoms with Gasteiger partial charge in [0.25, 0.3) is 5.91 Å². The lowest BCUT2D eigenvalue weighted by Gasteiger charge is -2.32. The molecule has 7 nitrogen and oxygen atoms in total. The zero-order valence-electron chi connectivity index (χ0n) is 20.5. The summed E-state index contributed by atoms with van der Waals surface area (Å²) >= 11 is 0. The highest BCUT2D eigenvalue weighted by Crippen LogP contribution is 2.29. The molecule has 37 heavy (non-hydrogen) atoms. The second kappa shape index (κ2) is 11.0. The summed E-state index contributed by atoms with van der Waals surface area (Å²) in [5.41, 5.74) is 11.8. The lowest BCUT2D eigenvalue weighted by Crippen LogP contribution is -2.32. The van der Waals surface area contributed by atoms with Gasteiger partial charge in [-0.3, -0.25) is 19.7 Å². The maximum absolute atomic E-state index is 12.6. The number of aromatic nitrogens is 2. The predicted molar refractivity (Wildman–Crippen MR) is 145 cm³/mol. The first-order valence-corrected chi connectivity index (χ1v) is 12.4. The Morgan fingerprint density at radius 3 is 2.49 bits per heavy atom. The van der Waals surface area contributed by atoms with Crippen molar-refractivity contribution in [2.75, 3.05) is 24.1 Å². The predicted octanol–water partition coefficient (Wildman–Crippen LogP) is 5.23. The Labute approximate surface area is 216 Å². The third kappa shape index (κ3) is 5.66. The van der Waals surface area contributed by atoms with E-state index in [-0.39, 0.29) is 5.91 Å². The summed E-state index contributed by atoms with van der Waals surface area (Å²) in [5.74, 6) is 0.325. The maximum atomic E-state index is 12.6. The molecule has 1 saturated heterocycles. The van der Waals surface area contributed by atoms with Gasteiger partial charge in [0.05, 0.1) is 22.6 Å². The minimum atomic E-state index is -0.249. The normalized spacial score (nSPS) is 14.1. The highest BCUT2D eigenvalue weighted by molar-refractivity contribution is 6.05. The van der Waals surface area contributed by atoms with Crippen LogP contribution in [0.2, 0.25) is 0 Å². The molecule has 0 unspecified atom stereocenters. The van der Waals surface area contributed by atoms with E-state index in [0.29, 0.717) is 34.1 Å². The molecule has 3 heterocycles. The minimum Gasteiger partial charge on any atom is -0.397 e. The van der Waals surface area contributed by atoms with Crippen LogP contribution in [-0.2, 0) is 6.54 Å². The van der Waals surface area contributed by atoms with Crippen LogP contribution < -0.4 is 11.1 Å². The van der Waals surface area contributed by atoms with Crippen LogP contribution in [0.15, 0.2) is 85.3 Å². The molecule has 0 atom stereocenters. The summed E-state index contributed by atoms with van der Waals surface area (Å²) in [4.78, 5) is 23.8. The third-order valence-electron chi connectivity index (χ3n) is 6.87. The number of nitrogens with zero attached hydrogens (tertiary/aromatic N) is 4. The quantitative estimate of drug-likeness (QED) is 0.360. The van der Waals surface area contributed by atoms with Gasteiger partial charge in [-0.15, -0.1) is 0 Å². The van der Waals surface area contributed by atoms with E-state index in [0.717, 1.165) is 43.6 Å². The summed E-state index contributed by atoms with van der Waals surface area (Å²) in [5, 5.41) is 12.6. The van der Waals surface area contributed by atoms with Crippen molar-refractivity contribution in [3.05, 3.63) is 108 Å². The number of nitrogens with two attached hydrogens (primary N) is 1. The Hall–Kier alpha value is -4.54. The molecule has 1 fully saturated rings. The maximum Gasteiger partial charge on any atom is 0.255 e. The number of hydrogen-bond acceptors (Lipinski definition) is 6. The molecule has 184 valence electrons. The fourth-order valence-electron chi connectivity index (χ4n) is 4.81. The molecule has 0 saturated carbocycles. The van der Waals surface area contributed by atoms with Crippen molar-refractivity contribution in [1.82, 2.24) is 14.9 Å². The van der Waals surface area contributed by atoms with Gasteiger partial charge in [-0.25, -0.2) is 0 Å². The number of benzene rings is 2. The fraction of sp³-hybridized carbons (Fsp3) is 0.200. The molecule has 7 heteroatoms. The number of para-hydroxylation sites is 2. The van der Waals surface area contributed by atoms with Gasteiger partial charge in [0.1, 0.15) is 6.07 Å². The molecule has 3 N–H and O–H groups in total. The number of carbonyl (C=O) groups excluding carboxylic acids is 1. The van der Waals surface area contributed by atoms with E-state index in [1.165, 1.54) is 5.56 Å². The van der Waals surface area contributed by atoms with Crippen LogP contribution in [0.4, 0.5) is 11.4 Å². The molecule has 1 amide bonds. The largest absolute Gasteiger partial charge is 0.397 e. The first-order chi connectivity index (χ1) is 18.1. The van der Waals surface area contributed by atoms with E-state index in [1.807, 2.05) is 48.9 Å². The van der Waals surface area contributed by atoms with Crippen molar-refractivity contribution in [2.24, 2.45) is 0 Å². The summed E-state index contributed by atoms with van der Waals surface area (Å²) in [6.45, 7) is 2.79. The number of pyridine rings is 2. The van der Waals surface area contributed by atoms with Gasteiger partial charge in [0.15, 0.2) is 0 Å². The highest BCUT2D eigenvalue weighted by Gasteiger charge is 2.21. The van der Waals surface area contributed by atoms with Gasteiger partial charge >= 0.3 is 0 Å². The highest BCUT2D eigenvalue weighted by atomic mass is 16.1. The van der Waals surface area contributed by atoms with Crippen LogP contribution in [0.1, 0.15) is 45.8 Å². The lowest BCUT2D eigenvalue weighted by atomic mass is 9.90. The van der Waals surface area contributed by atoms with E-state index in [1.54, 1.807) is 24.3 Å². The lowest BCUT2D eigenvalue weighted by molar-refractivity contribution is 0.102. The number of nitriles is 1. The van der Waals surface area contributed by atoms with Crippen LogP contribution >= 0.6 is 0 Å². The summed E-state index contributed by atoms with van der Waals surface area (Å²) in [7, 11) is 0. The van der Waals surface area contributed by atoms with Gasteiger partial charge < -0.3 is 11.1 Å². The van der Waals surface area contributed by atoms with Crippen molar-refractivity contribution < 1.29 is 4.79 Å². The standard InChI is InChI=1S/C30H28N6O/c31-18-26-17-21(20-36-15-11-23(12-16-36)22-9-13-33-14-10-22)19-34-29(26)24-5-7-25(8-6-24)30(37)35-28-4-2-1-3-27(28)32/h1-10,13-14,17,19,23H,11-12,15-16,20,32H2,(H,35,37). The van der Waals surface area contributed by atoms with Gasteiger partial charge in [-0.05, 0) is 85.4 Å². The average Bonchev–Trinajstić information content (AvgIpc) is 2.95. The molecule has 2 aromatic heterocycles. The number of carbonyl (C=O) groups is 1. The second-order valence-corrected chi connectivity index (χ2v) is 9.30. The summed E-state index contributed by atoms with van der Waals surface area (Å²) < 4.78 is 0. The van der Waals surface area contributed by atoms with E-state index in [2.05, 4.69) is 38.4 Å². The molecule has 1 aliphatic heterocycles. The van der Waals surface area contributed by atoms with Crippen LogP contribution in [0.25, 0.3) is 11.3 Å². The number of nitrogens with one attached hydrogen (secondary N) is 1. The van der Waals surface area contributed by atoms with Crippen LogP contribution in [0.5, 0.6) is 0 Å². The molecule has 0 radical (unpaired) electrons. The molecule has 0 aliphatic carbocycles. The van der Waals surface area contributed by atoms with Crippen molar-refractivity contribution in [3.63, 3.8) is 0 Å². The Morgan fingerprint density at radius 2 is 1.78 bits per heavy atom. The Balaban J connectivity index is 1.23. The monoisotopic (exact) mass is 488 g/mol. The Kier molecular flexibility index (Phi) is 7.20. The number of hydrogen-bond donors (Lipinski definition) is 2. The number of nitrogen functional groups attached to an aromatic ring is 1. The molecule has 1 aliphatic rings. The summed E-state index contributed by atoms with van der Waals surface area (Å²) in [6.07, 6.45) is 7.79. The van der Waals surface area contributed by atoms with E-state index < -0.39 is 0 Å². The van der Waals surface area contributed by atoms with E-state index in [4.69, 9.17) is 5.73 Å². The number of anilines is 2. The van der Waals surface area contributed by atoms with Gasteiger partial charge in [-0.1, -0.05) is 24.3 Å². The Bertz CT molecular complexity index is 1420. The molecule has 2 aromatic carbocycles. The molecular formula is C30H28N6O. The first-order valence-electron chi connectivity index (χ1n) is 12.4. The topological polar surface area (TPSA) is 108 Å². The molecule has 5 rings (SSSR count).